The van der Waals surface area contributed by atoms with Crippen LogP contribution in [-0.4, -0.2) is 53.3 Å². The molecule has 1 fully saturated rings. The first-order valence-corrected chi connectivity index (χ1v) is 8.70. The van der Waals surface area contributed by atoms with E-state index in [2.05, 4.69) is 0 Å². The van der Waals surface area contributed by atoms with Gasteiger partial charge in [-0.05, 0) is 60.8 Å². The van der Waals surface area contributed by atoms with Crippen molar-refractivity contribution in [2.45, 2.75) is 78.6 Å². The Balaban J connectivity index is 2.89. The van der Waals surface area contributed by atoms with Gasteiger partial charge < -0.3 is 14.2 Å². The lowest BCUT2D eigenvalue weighted by Gasteiger charge is -2.29. The fourth-order valence-electron chi connectivity index (χ4n) is 2.64. The molecule has 0 bridgehead atoms. The summed E-state index contributed by atoms with van der Waals surface area (Å²) in [6, 6.07) is -0.756. The largest absolute Gasteiger partial charge is 0.466 e. The number of carbonyl (C=O) groups excluding carboxylic acids is 3. The van der Waals surface area contributed by atoms with E-state index < -0.39 is 29.3 Å². The molecular formula is C18H31NO6. The smallest absolute Gasteiger partial charge is 0.411 e. The average Bonchev–Trinajstić information content (AvgIpc) is 2.79. The van der Waals surface area contributed by atoms with Gasteiger partial charge in [-0.15, -0.1) is 0 Å². The minimum Gasteiger partial charge on any atom is -0.466 e. The van der Waals surface area contributed by atoms with Gasteiger partial charge in [-0.1, -0.05) is 0 Å². The molecule has 1 aliphatic rings. The van der Waals surface area contributed by atoms with Gasteiger partial charge in [0, 0.05) is 6.54 Å². The molecule has 25 heavy (non-hydrogen) atoms. The second-order valence-electron chi connectivity index (χ2n) is 8.29. The third-order valence-electron chi connectivity index (χ3n) is 3.46. The fraction of sp³-hybridized carbons (Fsp3) is 0.833. The summed E-state index contributed by atoms with van der Waals surface area (Å²) in [7, 11) is 0. The highest BCUT2D eigenvalue weighted by molar-refractivity contribution is 5.83. The van der Waals surface area contributed by atoms with Crippen LogP contribution in [0.3, 0.4) is 0 Å². The second-order valence-corrected chi connectivity index (χ2v) is 8.29. The first kappa shape index (κ1) is 21.3. The van der Waals surface area contributed by atoms with Crippen molar-refractivity contribution < 1.29 is 28.6 Å². The molecule has 0 spiro atoms. The Morgan fingerprint density at radius 2 is 1.56 bits per heavy atom. The highest BCUT2D eigenvalue weighted by atomic mass is 16.6. The monoisotopic (exact) mass is 357 g/mol. The van der Waals surface area contributed by atoms with Crippen LogP contribution in [0.15, 0.2) is 0 Å². The van der Waals surface area contributed by atoms with Crippen LogP contribution in [-0.2, 0) is 23.8 Å². The van der Waals surface area contributed by atoms with Gasteiger partial charge >= 0.3 is 18.0 Å². The highest BCUT2D eigenvalue weighted by Crippen LogP contribution is 2.29. The van der Waals surface area contributed by atoms with E-state index in [1.807, 2.05) is 0 Å². The van der Waals surface area contributed by atoms with Crippen LogP contribution in [0.4, 0.5) is 4.79 Å². The predicted octanol–water partition coefficient (Wildman–Crippen LogP) is 2.91. The molecule has 0 aliphatic carbocycles. The van der Waals surface area contributed by atoms with E-state index in [-0.39, 0.29) is 24.9 Å². The lowest BCUT2D eigenvalue weighted by molar-refractivity contribution is -0.160. The Bertz CT molecular complexity index is 467. The van der Waals surface area contributed by atoms with Crippen molar-refractivity contribution in [1.82, 2.24) is 4.90 Å². The van der Waals surface area contributed by atoms with Gasteiger partial charge in [-0.25, -0.2) is 9.59 Å². The maximum Gasteiger partial charge on any atom is 0.411 e. The summed E-state index contributed by atoms with van der Waals surface area (Å²) in [5, 5.41) is 0. The number of amides is 1. The number of nitrogens with zero attached hydrogens (tertiary/aromatic N) is 1. The molecule has 2 atom stereocenters. The van der Waals surface area contributed by atoms with Crippen molar-refractivity contribution in [3.63, 3.8) is 0 Å². The molecule has 0 aromatic carbocycles. The molecule has 1 heterocycles. The lowest BCUT2D eigenvalue weighted by atomic mass is 10.0. The fourth-order valence-corrected chi connectivity index (χ4v) is 2.64. The van der Waals surface area contributed by atoms with Crippen molar-refractivity contribution in [3.05, 3.63) is 0 Å². The minimum absolute atomic E-state index is 0.159. The lowest BCUT2D eigenvalue weighted by Crippen LogP contribution is -2.45. The Labute approximate surface area is 150 Å². The van der Waals surface area contributed by atoms with Gasteiger partial charge in [0.25, 0.3) is 0 Å². The normalized spacial score (nSPS) is 21.0. The molecule has 0 aromatic rings. The summed E-state index contributed by atoms with van der Waals surface area (Å²) in [5.74, 6) is -0.977. The molecule has 7 nitrogen and oxygen atoms in total. The van der Waals surface area contributed by atoms with E-state index in [1.54, 1.807) is 48.5 Å². The summed E-state index contributed by atoms with van der Waals surface area (Å²) >= 11 is 0. The molecule has 144 valence electrons. The highest BCUT2D eigenvalue weighted by Gasteiger charge is 2.43. The summed E-state index contributed by atoms with van der Waals surface area (Å²) in [5.41, 5.74) is -1.33. The van der Waals surface area contributed by atoms with Gasteiger partial charge in [-0.2, -0.15) is 0 Å². The minimum atomic E-state index is -0.756. The zero-order valence-electron chi connectivity index (χ0n) is 16.4. The van der Waals surface area contributed by atoms with Crippen LogP contribution in [0.5, 0.6) is 0 Å². The molecule has 0 radical (unpaired) electrons. The first-order valence-electron chi connectivity index (χ1n) is 8.70. The molecular weight excluding hydrogens is 326 g/mol. The number of esters is 2. The molecule has 1 aliphatic heterocycles. The van der Waals surface area contributed by atoms with Crippen molar-refractivity contribution in [2.24, 2.45) is 5.92 Å². The average molecular weight is 357 g/mol. The molecule has 0 saturated carbocycles. The summed E-state index contributed by atoms with van der Waals surface area (Å²) < 4.78 is 15.8. The van der Waals surface area contributed by atoms with Crippen molar-refractivity contribution in [1.29, 1.82) is 0 Å². The third-order valence-corrected chi connectivity index (χ3v) is 3.46. The van der Waals surface area contributed by atoms with Crippen LogP contribution >= 0.6 is 0 Å². The van der Waals surface area contributed by atoms with E-state index in [4.69, 9.17) is 14.2 Å². The second kappa shape index (κ2) is 8.06. The zero-order valence-corrected chi connectivity index (χ0v) is 16.4. The van der Waals surface area contributed by atoms with E-state index in [0.29, 0.717) is 13.0 Å². The Morgan fingerprint density at radius 1 is 1.00 bits per heavy atom. The van der Waals surface area contributed by atoms with Crippen molar-refractivity contribution in [3.8, 4) is 0 Å². The van der Waals surface area contributed by atoms with Gasteiger partial charge in [0.2, 0.25) is 0 Å². The zero-order chi connectivity index (χ0) is 19.4. The Kier molecular flexibility index (Phi) is 6.85. The molecule has 1 amide bonds. The van der Waals surface area contributed by atoms with Crippen LogP contribution in [0, 0.1) is 5.92 Å². The number of hydrogen-bond acceptors (Lipinski definition) is 6. The standard InChI is InChI=1S/C18H31NO6/c1-8-23-14(20)10-12-9-13(15(21)24-17(2,3)4)19(11-12)16(22)25-18(5,6)7/h12-13H,8-11H2,1-7H3/t12?,13-/m0/s1. The molecule has 1 unspecified atom stereocenters. The van der Waals surface area contributed by atoms with E-state index in [9.17, 15) is 14.4 Å². The van der Waals surface area contributed by atoms with Gasteiger partial charge in [-0.3, -0.25) is 9.69 Å². The molecule has 7 heteroatoms. The maximum absolute atomic E-state index is 12.5. The van der Waals surface area contributed by atoms with E-state index in [1.165, 1.54) is 4.90 Å². The molecule has 1 rings (SSSR count). The van der Waals surface area contributed by atoms with E-state index in [0.717, 1.165) is 0 Å². The van der Waals surface area contributed by atoms with Crippen LogP contribution in [0.2, 0.25) is 0 Å². The van der Waals surface area contributed by atoms with Crippen molar-refractivity contribution >= 4 is 18.0 Å². The van der Waals surface area contributed by atoms with Crippen LogP contribution < -0.4 is 0 Å². The number of ether oxygens (including phenoxy) is 3. The summed E-state index contributed by atoms with van der Waals surface area (Å²) in [6.07, 6.45) is -0.0610. The van der Waals surface area contributed by atoms with Gasteiger partial charge in [0.1, 0.15) is 17.2 Å². The Hall–Kier alpha value is -1.79. The van der Waals surface area contributed by atoms with E-state index >= 15 is 0 Å². The van der Waals surface area contributed by atoms with Gasteiger partial charge in [0.05, 0.1) is 13.0 Å². The quantitative estimate of drug-likeness (QED) is 0.568. The topological polar surface area (TPSA) is 82.1 Å². The maximum atomic E-state index is 12.5. The number of hydrogen-bond donors (Lipinski definition) is 0. The first-order chi connectivity index (χ1) is 11.3. The summed E-state index contributed by atoms with van der Waals surface area (Å²) in [6.45, 7) is 12.9. The van der Waals surface area contributed by atoms with Crippen LogP contribution in [0.1, 0.15) is 61.3 Å². The number of likely N-dealkylation sites (tertiary alicyclic amines) is 1. The molecule has 1 saturated heterocycles. The predicted molar refractivity (Wildman–Crippen MR) is 91.9 cm³/mol. The third kappa shape index (κ3) is 7.32. The summed E-state index contributed by atoms with van der Waals surface area (Å²) in [4.78, 5) is 38.1. The van der Waals surface area contributed by atoms with Crippen molar-refractivity contribution in [2.75, 3.05) is 13.2 Å². The number of rotatable bonds is 4. The number of carbonyl (C=O) groups is 3. The Morgan fingerprint density at radius 3 is 2.04 bits per heavy atom. The molecule has 0 aromatic heterocycles. The molecule has 0 N–H and O–H groups in total. The SMILES string of the molecule is CCOC(=O)CC1C[C@@H](C(=O)OC(C)(C)C)N(C(=O)OC(C)(C)C)C1. The van der Waals surface area contributed by atoms with Crippen LogP contribution in [0.25, 0.3) is 0 Å². The van der Waals surface area contributed by atoms with Gasteiger partial charge in [0.15, 0.2) is 0 Å².